The van der Waals surface area contributed by atoms with E-state index in [0.29, 0.717) is 5.56 Å². The Labute approximate surface area is 157 Å². The molecule has 0 heterocycles. The number of hydrogen-bond donors (Lipinski definition) is 0. The van der Waals surface area contributed by atoms with Gasteiger partial charge in [-0.3, -0.25) is 0 Å². The van der Waals surface area contributed by atoms with E-state index in [9.17, 15) is 4.79 Å². The molecule has 22 heavy (non-hydrogen) atoms. The van der Waals surface area contributed by atoms with E-state index in [2.05, 4.69) is 37.3 Å². The summed E-state index contributed by atoms with van der Waals surface area (Å²) in [6.45, 7) is 3.95. The third kappa shape index (κ3) is 3.05. The Bertz CT molecular complexity index is 660. The summed E-state index contributed by atoms with van der Waals surface area (Å²) in [5.74, 6) is -0.261. The van der Waals surface area contributed by atoms with Gasteiger partial charge in [-0.1, -0.05) is 48.0 Å². The third-order valence-electron chi connectivity index (χ3n) is 4.37. The minimum absolute atomic E-state index is 0. The molecule has 2 aromatic carbocycles. The van der Waals surface area contributed by atoms with Crippen molar-refractivity contribution in [1.29, 1.82) is 0 Å². The Morgan fingerprint density at radius 1 is 1.18 bits per heavy atom. The zero-order valence-corrected chi connectivity index (χ0v) is 15.7. The van der Waals surface area contributed by atoms with Gasteiger partial charge >= 0.3 is 5.97 Å². The van der Waals surface area contributed by atoms with E-state index in [1.165, 1.54) is 12.7 Å². The number of hydrogen-bond acceptors (Lipinski definition) is 2. The van der Waals surface area contributed by atoms with Crippen LogP contribution in [0.4, 0.5) is 0 Å². The first-order chi connectivity index (χ1) is 10.2. The number of benzene rings is 2. The number of carbonyl (C=O) groups is 1. The fourth-order valence-corrected chi connectivity index (χ4v) is 3.03. The first-order valence-electron chi connectivity index (χ1n) is 7.28. The van der Waals surface area contributed by atoms with Gasteiger partial charge in [0.2, 0.25) is 0 Å². The molecular weight excluding hydrogens is 349 g/mol. The Balaban J connectivity index is 0.00000176. The number of methoxy groups -OCH3 is 1. The molecular formula is C19H19O2Y-. The zero-order valence-electron chi connectivity index (χ0n) is 12.8. The fourth-order valence-electron chi connectivity index (χ4n) is 3.03. The van der Waals surface area contributed by atoms with Crippen molar-refractivity contribution < 1.29 is 42.2 Å². The molecule has 1 saturated carbocycles. The Morgan fingerprint density at radius 2 is 1.86 bits per heavy atom. The van der Waals surface area contributed by atoms with Crippen LogP contribution in [0, 0.1) is 6.92 Å². The van der Waals surface area contributed by atoms with E-state index in [4.69, 9.17) is 4.74 Å². The summed E-state index contributed by atoms with van der Waals surface area (Å²) in [5, 5.41) is 0. The van der Waals surface area contributed by atoms with Gasteiger partial charge in [-0.15, -0.1) is 0 Å². The molecule has 3 rings (SSSR count). The van der Waals surface area contributed by atoms with E-state index in [-0.39, 0.29) is 44.1 Å². The van der Waals surface area contributed by atoms with Crippen molar-refractivity contribution in [2.45, 2.75) is 24.7 Å². The molecule has 111 valence electrons. The molecule has 1 aliphatic carbocycles. The maximum atomic E-state index is 12.1. The summed E-state index contributed by atoms with van der Waals surface area (Å²) in [6, 6.07) is 16.4. The average molecular weight is 368 g/mol. The molecule has 1 aliphatic rings. The molecule has 0 atom stereocenters. The second-order valence-corrected chi connectivity index (χ2v) is 5.57. The van der Waals surface area contributed by atoms with Gasteiger partial charge in [-0.2, -0.15) is 6.42 Å². The van der Waals surface area contributed by atoms with Crippen molar-refractivity contribution in [3.8, 4) is 0 Å². The van der Waals surface area contributed by atoms with Crippen LogP contribution in [-0.2, 0) is 49.3 Å². The van der Waals surface area contributed by atoms with Gasteiger partial charge in [0.15, 0.2) is 0 Å². The van der Waals surface area contributed by atoms with Crippen LogP contribution in [-0.4, -0.2) is 13.1 Å². The quantitative estimate of drug-likeness (QED) is 0.604. The number of rotatable bonds is 4. The van der Waals surface area contributed by atoms with Crippen LogP contribution in [0.3, 0.4) is 0 Å². The summed E-state index contributed by atoms with van der Waals surface area (Å²) < 4.78 is 4.95. The number of ether oxygens (including phenoxy) is 1. The van der Waals surface area contributed by atoms with E-state index >= 15 is 0 Å². The van der Waals surface area contributed by atoms with Gasteiger partial charge in [0.05, 0.1) is 12.7 Å². The van der Waals surface area contributed by atoms with Crippen molar-refractivity contribution in [3.05, 3.63) is 77.7 Å². The maximum absolute atomic E-state index is 12.1. The van der Waals surface area contributed by atoms with E-state index in [1.54, 1.807) is 0 Å². The van der Waals surface area contributed by atoms with E-state index in [0.717, 1.165) is 30.4 Å². The van der Waals surface area contributed by atoms with Gasteiger partial charge in [0.1, 0.15) is 0 Å². The minimum atomic E-state index is -0.261. The summed E-state index contributed by atoms with van der Waals surface area (Å²) in [4.78, 5) is 12.1. The molecule has 0 aliphatic heterocycles. The maximum Gasteiger partial charge on any atom is 0.338 e. The van der Waals surface area contributed by atoms with Gasteiger partial charge in [0.25, 0.3) is 0 Å². The third-order valence-corrected chi connectivity index (χ3v) is 4.37. The normalized spacial score (nSPS) is 14.8. The summed E-state index contributed by atoms with van der Waals surface area (Å²) in [7, 11) is 1.43. The molecule has 0 spiro atoms. The monoisotopic (exact) mass is 368 g/mol. The summed E-state index contributed by atoms with van der Waals surface area (Å²) >= 11 is 0. The average Bonchev–Trinajstić information content (AvgIpc) is 3.36. The first-order valence-corrected chi connectivity index (χ1v) is 7.28. The van der Waals surface area contributed by atoms with Crippen LogP contribution in [0.5, 0.6) is 0 Å². The Morgan fingerprint density at radius 3 is 2.41 bits per heavy atom. The van der Waals surface area contributed by atoms with Crippen molar-refractivity contribution in [3.63, 3.8) is 0 Å². The molecule has 2 aromatic rings. The fraction of sp³-hybridized carbons (Fsp3) is 0.263. The Hall–Kier alpha value is -0.986. The number of carbonyl (C=O) groups excluding carboxylic acids is 1. The van der Waals surface area contributed by atoms with E-state index in [1.807, 2.05) is 18.2 Å². The molecule has 0 unspecified atom stereocenters. The van der Waals surface area contributed by atoms with Crippen LogP contribution >= 0.6 is 0 Å². The Kier molecular flexibility index (Phi) is 5.57. The van der Waals surface area contributed by atoms with Crippen molar-refractivity contribution in [2.75, 3.05) is 7.11 Å². The van der Waals surface area contributed by atoms with Crippen molar-refractivity contribution in [1.82, 2.24) is 0 Å². The van der Waals surface area contributed by atoms with Gasteiger partial charge in [-0.05, 0) is 30.0 Å². The standard InChI is InChI=1S/C19H19O2.Y/c1-3-14-9-10-16(18(20)21-2)17(13-14)19(11-12-19)15-7-5-4-6-8-15;/h4-10,13H,1,3,11-12H2,2H3;/q-1;. The molecule has 1 fully saturated rings. The van der Waals surface area contributed by atoms with Gasteiger partial charge in [0, 0.05) is 38.1 Å². The predicted molar refractivity (Wildman–Crippen MR) is 83.3 cm³/mol. The molecule has 0 N–H and O–H groups in total. The zero-order chi connectivity index (χ0) is 14.9. The summed E-state index contributed by atoms with van der Waals surface area (Å²) in [6.07, 6.45) is 2.86. The number of esters is 1. The SMILES string of the molecule is [CH2-]Cc1ccc(C(=O)OC)c(C2(c3ccccc3)CC2)c1.[Y]. The predicted octanol–water partition coefficient (Wildman–Crippen LogP) is 3.93. The topological polar surface area (TPSA) is 26.3 Å². The molecule has 1 radical (unpaired) electrons. The smallest absolute Gasteiger partial charge is 0.338 e. The van der Waals surface area contributed by atoms with Crippen LogP contribution < -0.4 is 0 Å². The molecule has 2 nitrogen and oxygen atoms in total. The minimum Gasteiger partial charge on any atom is -0.465 e. The second-order valence-electron chi connectivity index (χ2n) is 5.57. The summed E-state index contributed by atoms with van der Waals surface area (Å²) in [5.41, 5.74) is 4.16. The van der Waals surface area contributed by atoms with Gasteiger partial charge < -0.3 is 11.7 Å². The van der Waals surface area contributed by atoms with Crippen molar-refractivity contribution >= 4 is 5.97 Å². The molecule has 0 aromatic heterocycles. The first kappa shape index (κ1) is 17.4. The largest absolute Gasteiger partial charge is 0.465 e. The molecule has 3 heteroatoms. The van der Waals surface area contributed by atoms with Gasteiger partial charge in [-0.25, -0.2) is 4.79 Å². The van der Waals surface area contributed by atoms with Crippen molar-refractivity contribution in [2.24, 2.45) is 0 Å². The molecule has 0 saturated heterocycles. The van der Waals surface area contributed by atoms with Crippen LogP contribution in [0.1, 0.15) is 39.9 Å². The second kappa shape index (κ2) is 7.06. The van der Waals surface area contributed by atoms with Crippen LogP contribution in [0.2, 0.25) is 0 Å². The van der Waals surface area contributed by atoms with Crippen LogP contribution in [0.15, 0.2) is 48.5 Å². The van der Waals surface area contributed by atoms with Crippen LogP contribution in [0.25, 0.3) is 0 Å². The van der Waals surface area contributed by atoms with E-state index < -0.39 is 0 Å². The molecule has 0 amide bonds. The molecule has 0 bridgehead atoms.